The second-order valence-corrected chi connectivity index (χ2v) is 6.62. The number of fused-ring (bicyclic) bond motifs is 1. The summed E-state index contributed by atoms with van der Waals surface area (Å²) < 4.78 is 0. The van der Waals surface area contributed by atoms with Crippen LogP contribution in [0.1, 0.15) is 49.4 Å². The summed E-state index contributed by atoms with van der Waals surface area (Å²) in [5.74, 6) is -0.287. The van der Waals surface area contributed by atoms with E-state index in [0.29, 0.717) is 12.0 Å². The number of aliphatic hydroxyl groups excluding tert-OH is 1. The molecule has 3 nitrogen and oxygen atoms in total. The van der Waals surface area contributed by atoms with Gasteiger partial charge in [0.2, 0.25) is 0 Å². The fourth-order valence-corrected chi connectivity index (χ4v) is 3.06. The smallest absolute Gasteiger partial charge is 0.198 e. The lowest BCUT2D eigenvalue weighted by atomic mass is 9.85. The zero-order chi connectivity index (χ0) is 16.7. The number of nitriles is 1. The first-order valence-corrected chi connectivity index (χ1v) is 7.31. The van der Waals surface area contributed by atoms with Gasteiger partial charge in [-0.25, -0.2) is 0 Å². The van der Waals surface area contributed by atoms with Gasteiger partial charge in [-0.2, -0.15) is 5.26 Å². The summed E-state index contributed by atoms with van der Waals surface area (Å²) in [7, 11) is 0. The normalized spacial score (nSPS) is 17.6. The van der Waals surface area contributed by atoms with Crippen LogP contribution >= 0.6 is 0 Å². The molecule has 0 aliphatic heterocycles. The molecule has 1 aliphatic carbocycles. The van der Waals surface area contributed by atoms with Crippen molar-refractivity contribution in [2.75, 3.05) is 0 Å². The molecule has 0 aromatic heterocycles. The molecule has 1 aromatic rings. The third kappa shape index (κ3) is 2.51. The molecule has 0 spiro atoms. The Kier molecular flexibility index (Phi) is 4.08. The average molecular weight is 295 g/mol. The standard InChI is InChI=1S/C19H21NO2/c1-11(2)18(22)16(9-20)15-8-19(4,5)17-7-13(10-21)12(3)6-14(15)17/h6-7,21H,1,8,10H2,2-5H3/b16-15+. The van der Waals surface area contributed by atoms with Crippen LogP contribution in [-0.2, 0) is 16.8 Å². The second kappa shape index (κ2) is 5.55. The van der Waals surface area contributed by atoms with Crippen molar-refractivity contribution in [3.8, 4) is 6.07 Å². The molecule has 2 rings (SSSR count). The number of hydrogen-bond acceptors (Lipinski definition) is 3. The van der Waals surface area contributed by atoms with E-state index in [2.05, 4.69) is 26.5 Å². The van der Waals surface area contributed by atoms with Gasteiger partial charge in [0.1, 0.15) is 11.6 Å². The number of rotatable bonds is 3. The molecule has 0 unspecified atom stereocenters. The predicted molar refractivity (Wildman–Crippen MR) is 87.1 cm³/mol. The van der Waals surface area contributed by atoms with E-state index in [-0.39, 0.29) is 23.4 Å². The minimum Gasteiger partial charge on any atom is -0.392 e. The molecule has 114 valence electrons. The lowest BCUT2D eigenvalue weighted by Gasteiger charge is -2.19. The molecule has 0 fully saturated rings. The van der Waals surface area contributed by atoms with Crippen LogP contribution in [0.25, 0.3) is 5.57 Å². The van der Waals surface area contributed by atoms with Crippen molar-refractivity contribution in [2.45, 2.75) is 46.1 Å². The number of carbonyl (C=O) groups is 1. The molecule has 0 bridgehead atoms. The lowest BCUT2D eigenvalue weighted by molar-refractivity contribution is -0.111. The number of carbonyl (C=O) groups excluding carboxylic acids is 1. The predicted octanol–water partition coefficient (Wildman–Crippen LogP) is 3.59. The molecule has 0 saturated carbocycles. The Morgan fingerprint density at radius 2 is 2.09 bits per heavy atom. The maximum atomic E-state index is 12.3. The highest BCUT2D eigenvalue weighted by Crippen LogP contribution is 2.47. The van der Waals surface area contributed by atoms with Crippen molar-refractivity contribution in [3.63, 3.8) is 0 Å². The van der Waals surface area contributed by atoms with E-state index in [4.69, 9.17) is 0 Å². The van der Waals surface area contributed by atoms with Crippen LogP contribution in [0.4, 0.5) is 0 Å². The minimum atomic E-state index is -0.287. The number of ketones is 1. The molecule has 0 atom stereocenters. The number of allylic oxidation sites excluding steroid dienone is 3. The zero-order valence-corrected chi connectivity index (χ0v) is 13.6. The molecule has 1 aromatic carbocycles. The van der Waals surface area contributed by atoms with Gasteiger partial charge in [0.15, 0.2) is 5.78 Å². The monoisotopic (exact) mass is 295 g/mol. The first-order chi connectivity index (χ1) is 10.2. The summed E-state index contributed by atoms with van der Waals surface area (Å²) in [6.07, 6.45) is 0.637. The largest absolute Gasteiger partial charge is 0.392 e. The van der Waals surface area contributed by atoms with Crippen molar-refractivity contribution in [3.05, 3.63) is 52.1 Å². The Labute approximate surface area is 131 Å². The first kappa shape index (κ1) is 16.2. The molecular weight excluding hydrogens is 274 g/mol. The highest BCUT2D eigenvalue weighted by atomic mass is 16.3. The molecule has 0 saturated heterocycles. The van der Waals surface area contributed by atoms with E-state index in [1.807, 2.05) is 19.1 Å². The van der Waals surface area contributed by atoms with Crippen molar-refractivity contribution in [2.24, 2.45) is 0 Å². The Bertz CT molecular complexity index is 745. The van der Waals surface area contributed by atoms with E-state index < -0.39 is 0 Å². The van der Waals surface area contributed by atoms with Crippen molar-refractivity contribution >= 4 is 11.4 Å². The van der Waals surface area contributed by atoms with Crippen LogP contribution < -0.4 is 0 Å². The first-order valence-electron chi connectivity index (χ1n) is 7.31. The van der Waals surface area contributed by atoms with Crippen molar-refractivity contribution < 1.29 is 9.90 Å². The Morgan fingerprint density at radius 1 is 1.45 bits per heavy atom. The van der Waals surface area contributed by atoms with Gasteiger partial charge in [-0.3, -0.25) is 4.79 Å². The topological polar surface area (TPSA) is 61.1 Å². The van der Waals surface area contributed by atoms with Gasteiger partial charge in [0, 0.05) is 0 Å². The van der Waals surface area contributed by atoms with Crippen LogP contribution in [0.5, 0.6) is 0 Å². The maximum absolute atomic E-state index is 12.3. The third-order valence-corrected chi connectivity index (χ3v) is 4.35. The van der Waals surface area contributed by atoms with Crippen LogP contribution in [0.15, 0.2) is 29.9 Å². The van der Waals surface area contributed by atoms with Crippen LogP contribution in [0.3, 0.4) is 0 Å². The van der Waals surface area contributed by atoms with Gasteiger partial charge in [-0.15, -0.1) is 0 Å². The fourth-order valence-electron chi connectivity index (χ4n) is 3.06. The van der Waals surface area contributed by atoms with Gasteiger partial charge in [-0.1, -0.05) is 32.6 Å². The van der Waals surface area contributed by atoms with E-state index in [1.54, 1.807) is 6.92 Å². The number of aryl methyl sites for hydroxylation is 1. The van der Waals surface area contributed by atoms with Crippen LogP contribution in [-0.4, -0.2) is 10.9 Å². The van der Waals surface area contributed by atoms with E-state index in [1.165, 1.54) is 0 Å². The summed E-state index contributed by atoms with van der Waals surface area (Å²) in [4.78, 5) is 12.3. The summed E-state index contributed by atoms with van der Waals surface area (Å²) in [6, 6.07) is 6.05. The highest BCUT2D eigenvalue weighted by Gasteiger charge is 2.36. The van der Waals surface area contributed by atoms with Gasteiger partial charge in [0.25, 0.3) is 0 Å². The van der Waals surface area contributed by atoms with Crippen LogP contribution in [0, 0.1) is 18.3 Å². The fraction of sp³-hybridized carbons (Fsp3) is 0.368. The Balaban J connectivity index is 2.77. The zero-order valence-electron chi connectivity index (χ0n) is 13.6. The summed E-state index contributed by atoms with van der Waals surface area (Å²) in [6.45, 7) is 11.4. The average Bonchev–Trinajstić information content (AvgIpc) is 2.69. The van der Waals surface area contributed by atoms with Crippen LogP contribution in [0.2, 0.25) is 0 Å². The summed E-state index contributed by atoms with van der Waals surface area (Å²) >= 11 is 0. The van der Waals surface area contributed by atoms with Gasteiger partial charge < -0.3 is 5.11 Å². The molecular formula is C19H21NO2. The Hall–Kier alpha value is -2.18. The molecule has 1 N–H and O–H groups in total. The van der Waals surface area contributed by atoms with E-state index in [9.17, 15) is 15.2 Å². The van der Waals surface area contributed by atoms with Gasteiger partial charge >= 0.3 is 0 Å². The third-order valence-electron chi connectivity index (χ3n) is 4.35. The number of nitrogens with zero attached hydrogens (tertiary/aromatic N) is 1. The van der Waals surface area contributed by atoms with Gasteiger partial charge in [0.05, 0.1) is 6.61 Å². The van der Waals surface area contributed by atoms with E-state index >= 15 is 0 Å². The molecule has 0 radical (unpaired) electrons. The number of Topliss-reactive ketones (excluding diaryl/α,β-unsaturated/α-hetero) is 1. The highest BCUT2D eigenvalue weighted by molar-refractivity contribution is 6.15. The molecule has 0 heterocycles. The molecule has 1 aliphatic rings. The molecule has 0 amide bonds. The Morgan fingerprint density at radius 3 is 2.59 bits per heavy atom. The molecule has 22 heavy (non-hydrogen) atoms. The quantitative estimate of drug-likeness (QED) is 0.684. The number of hydrogen-bond donors (Lipinski definition) is 1. The SMILES string of the molecule is C=C(C)C(=O)/C(C#N)=C1\CC(C)(C)c2cc(CO)c(C)cc21. The summed E-state index contributed by atoms with van der Waals surface area (Å²) in [5.41, 5.74) is 5.08. The van der Waals surface area contributed by atoms with Crippen molar-refractivity contribution in [1.29, 1.82) is 5.26 Å². The number of benzene rings is 1. The minimum absolute atomic E-state index is 0.00988. The van der Waals surface area contributed by atoms with Crippen molar-refractivity contribution in [1.82, 2.24) is 0 Å². The summed E-state index contributed by atoms with van der Waals surface area (Å²) in [5, 5.41) is 18.9. The second-order valence-electron chi connectivity index (χ2n) is 6.62. The number of aliphatic hydroxyl groups is 1. The van der Waals surface area contributed by atoms with E-state index in [0.717, 1.165) is 27.8 Å². The maximum Gasteiger partial charge on any atom is 0.198 e. The molecule has 3 heteroatoms. The van der Waals surface area contributed by atoms with Gasteiger partial charge in [-0.05, 0) is 59.1 Å². The lowest BCUT2D eigenvalue weighted by Crippen LogP contribution is -2.12.